The highest BCUT2D eigenvalue weighted by atomic mass is 19.1. The summed E-state index contributed by atoms with van der Waals surface area (Å²) in [5.41, 5.74) is 2.07. The van der Waals surface area contributed by atoms with Gasteiger partial charge < -0.3 is 20.9 Å². The predicted octanol–water partition coefficient (Wildman–Crippen LogP) is 3.82. The van der Waals surface area contributed by atoms with E-state index in [2.05, 4.69) is 20.9 Å². The molecule has 3 N–H and O–H groups in total. The average Bonchev–Trinajstić information content (AvgIpc) is 2.72. The Morgan fingerprint density at radius 2 is 1.68 bits per heavy atom. The summed E-state index contributed by atoms with van der Waals surface area (Å²) in [6.07, 6.45) is 1.62. The van der Waals surface area contributed by atoms with Gasteiger partial charge in [-0.3, -0.25) is 4.79 Å². The van der Waals surface area contributed by atoms with Crippen molar-refractivity contribution in [3.8, 4) is 0 Å². The molecule has 1 saturated heterocycles. The third-order valence-electron chi connectivity index (χ3n) is 5.17. The Labute approximate surface area is 183 Å². The second kappa shape index (κ2) is 9.81. The number of amides is 3. The molecule has 31 heavy (non-hydrogen) atoms. The molecule has 0 aromatic heterocycles. The number of anilines is 1. The minimum absolute atomic E-state index is 0.109. The molecule has 0 bridgehead atoms. The summed E-state index contributed by atoms with van der Waals surface area (Å²) < 4.78 is 13.1. The predicted molar refractivity (Wildman–Crippen MR) is 121 cm³/mol. The average molecular weight is 427 g/mol. The molecule has 6 nitrogen and oxygen atoms in total. The molecule has 3 amide bonds. The number of nitrogens with one attached hydrogen (secondary N) is 3. The molecule has 0 radical (unpaired) electrons. The highest BCUT2D eigenvalue weighted by Gasteiger charge is 2.24. The summed E-state index contributed by atoms with van der Waals surface area (Å²) in [6.45, 7) is 7.70. The third kappa shape index (κ3) is 6.70. The molecule has 0 saturated carbocycles. The van der Waals surface area contributed by atoms with Gasteiger partial charge in [0, 0.05) is 36.9 Å². The van der Waals surface area contributed by atoms with E-state index < -0.39 is 0 Å². The minimum Gasteiger partial charge on any atom is -0.371 e. The van der Waals surface area contributed by atoms with Gasteiger partial charge in [-0.2, -0.15) is 0 Å². The van der Waals surface area contributed by atoms with Gasteiger partial charge in [0.25, 0.3) is 5.91 Å². The maximum Gasteiger partial charge on any atom is 0.315 e. The molecule has 0 atom stereocenters. The normalized spacial score (nSPS) is 14.8. The number of para-hydroxylation sites is 1. The number of carbonyl (C=O) groups is 2. The summed E-state index contributed by atoms with van der Waals surface area (Å²) in [7, 11) is 0. The van der Waals surface area contributed by atoms with Crippen LogP contribution in [0.2, 0.25) is 0 Å². The Hall–Kier alpha value is -3.09. The molecule has 0 aliphatic carbocycles. The van der Waals surface area contributed by atoms with Gasteiger partial charge in [0.2, 0.25) is 0 Å². The first-order valence-corrected chi connectivity index (χ1v) is 10.7. The summed E-state index contributed by atoms with van der Waals surface area (Å²) in [5.74, 6) is -0.459. The molecule has 0 spiro atoms. The van der Waals surface area contributed by atoms with Crippen LogP contribution in [0.1, 0.15) is 49.5 Å². The van der Waals surface area contributed by atoms with Gasteiger partial charge >= 0.3 is 6.03 Å². The van der Waals surface area contributed by atoms with Crippen molar-refractivity contribution in [2.75, 3.05) is 18.0 Å². The maximum atomic E-state index is 13.1. The van der Waals surface area contributed by atoms with Gasteiger partial charge in [-0.1, -0.05) is 24.3 Å². The standard InChI is InChI=1S/C24H31FN4O2/c1-24(2,3)28-23(31)27-19-12-14-29(15-13-19)21-7-5-4-6-20(21)22(30)26-16-17-8-10-18(25)11-9-17/h4-11,19H,12-16H2,1-3H3,(H,26,30)(H2,27,28,31). The number of rotatable bonds is 5. The Balaban J connectivity index is 1.57. The number of hydrogen-bond acceptors (Lipinski definition) is 3. The van der Waals surface area contributed by atoms with Crippen molar-refractivity contribution in [1.82, 2.24) is 16.0 Å². The molecule has 3 rings (SSSR count). The smallest absolute Gasteiger partial charge is 0.315 e. The Bertz CT molecular complexity index is 901. The molecule has 2 aromatic carbocycles. The molecule has 166 valence electrons. The number of halogens is 1. The van der Waals surface area contributed by atoms with E-state index in [1.54, 1.807) is 12.1 Å². The summed E-state index contributed by atoms with van der Waals surface area (Å²) in [6, 6.07) is 13.6. The topological polar surface area (TPSA) is 73.5 Å². The second-order valence-electron chi connectivity index (χ2n) is 8.94. The summed E-state index contributed by atoms with van der Waals surface area (Å²) in [4.78, 5) is 27.1. The van der Waals surface area contributed by atoms with Gasteiger partial charge in [0.05, 0.1) is 5.56 Å². The van der Waals surface area contributed by atoms with Crippen LogP contribution in [0.5, 0.6) is 0 Å². The lowest BCUT2D eigenvalue weighted by molar-refractivity contribution is 0.0951. The van der Waals surface area contributed by atoms with Crippen LogP contribution in [0.4, 0.5) is 14.9 Å². The lowest BCUT2D eigenvalue weighted by atomic mass is 10.0. The number of hydrogen-bond donors (Lipinski definition) is 3. The molecule has 7 heteroatoms. The monoisotopic (exact) mass is 426 g/mol. The van der Waals surface area contributed by atoms with Gasteiger partial charge in [-0.25, -0.2) is 9.18 Å². The van der Waals surface area contributed by atoms with Gasteiger partial charge in [-0.15, -0.1) is 0 Å². The molecule has 2 aromatic rings. The Kier molecular flexibility index (Phi) is 7.15. The zero-order valence-corrected chi connectivity index (χ0v) is 18.4. The number of nitrogens with zero attached hydrogens (tertiary/aromatic N) is 1. The van der Waals surface area contributed by atoms with Crippen molar-refractivity contribution in [3.63, 3.8) is 0 Å². The number of urea groups is 1. The van der Waals surface area contributed by atoms with Crippen LogP contribution in [0.25, 0.3) is 0 Å². The van der Waals surface area contributed by atoms with Crippen LogP contribution < -0.4 is 20.9 Å². The molecule has 1 aliphatic rings. The highest BCUT2D eigenvalue weighted by Crippen LogP contribution is 2.24. The highest BCUT2D eigenvalue weighted by molar-refractivity contribution is 5.99. The first-order chi connectivity index (χ1) is 14.7. The van der Waals surface area contributed by atoms with Crippen LogP contribution in [0.3, 0.4) is 0 Å². The molecular weight excluding hydrogens is 395 g/mol. The van der Waals surface area contributed by atoms with Crippen LogP contribution >= 0.6 is 0 Å². The van der Waals surface area contributed by atoms with Gasteiger partial charge in [0.15, 0.2) is 0 Å². The fraction of sp³-hybridized carbons (Fsp3) is 0.417. The minimum atomic E-state index is -0.297. The van der Waals surface area contributed by atoms with Gasteiger partial charge in [-0.05, 0) is 63.4 Å². The van der Waals surface area contributed by atoms with E-state index in [9.17, 15) is 14.0 Å². The van der Waals surface area contributed by atoms with Crippen LogP contribution in [0, 0.1) is 5.82 Å². The lowest BCUT2D eigenvalue weighted by Gasteiger charge is -2.35. The maximum absolute atomic E-state index is 13.1. The summed E-state index contributed by atoms with van der Waals surface area (Å²) in [5, 5.41) is 8.89. The fourth-order valence-corrected chi connectivity index (χ4v) is 3.65. The van der Waals surface area contributed by atoms with Crippen LogP contribution in [-0.4, -0.2) is 36.6 Å². The zero-order valence-electron chi connectivity index (χ0n) is 18.4. The Morgan fingerprint density at radius 1 is 1.03 bits per heavy atom. The van der Waals surface area contributed by atoms with E-state index in [4.69, 9.17) is 0 Å². The van der Waals surface area contributed by atoms with Crippen molar-refractivity contribution in [1.29, 1.82) is 0 Å². The van der Waals surface area contributed by atoms with E-state index in [0.29, 0.717) is 12.1 Å². The first kappa shape index (κ1) is 22.6. The fourth-order valence-electron chi connectivity index (χ4n) is 3.65. The van der Waals surface area contributed by atoms with Crippen molar-refractivity contribution >= 4 is 17.6 Å². The van der Waals surface area contributed by atoms with E-state index >= 15 is 0 Å². The molecular formula is C24H31FN4O2. The van der Waals surface area contributed by atoms with Crippen LogP contribution in [-0.2, 0) is 6.54 Å². The Morgan fingerprint density at radius 3 is 2.32 bits per heavy atom. The zero-order chi connectivity index (χ0) is 22.4. The quantitative estimate of drug-likeness (QED) is 0.681. The van der Waals surface area contributed by atoms with E-state index in [1.165, 1.54) is 12.1 Å². The first-order valence-electron chi connectivity index (χ1n) is 10.7. The van der Waals surface area contributed by atoms with Crippen molar-refractivity contribution in [2.45, 2.75) is 51.7 Å². The molecule has 0 unspecified atom stereocenters. The van der Waals surface area contributed by atoms with Crippen LogP contribution in [0.15, 0.2) is 48.5 Å². The number of carbonyl (C=O) groups excluding carboxylic acids is 2. The number of piperidine rings is 1. The lowest BCUT2D eigenvalue weighted by Crippen LogP contribution is -2.52. The van der Waals surface area contributed by atoms with Gasteiger partial charge in [0.1, 0.15) is 5.82 Å². The largest absolute Gasteiger partial charge is 0.371 e. The summed E-state index contributed by atoms with van der Waals surface area (Å²) >= 11 is 0. The van der Waals surface area contributed by atoms with Crippen molar-refractivity contribution in [2.24, 2.45) is 0 Å². The molecule has 1 heterocycles. The van der Waals surface area contributed by atoms with E-state index in [1.807, 2.05) is 45.0 Å². The van der Waals surface area contributed by atoms with E-state index in [0.717, 1.165) is 37.2 Å². The SMILES string of the molecule is CC(C)(C)NC(=O)NC1CCN(c2ccccc2C(=O)NCc2ccc(F)cc2)CC1. The number of benzene rings is 2. The van der Waals surface area contributed by atoms with Crippen molar-refractivity contribution in [3.05, 3.63) is 65.5 Å². The third-order valence-corrected chi connectivity index (χ3v) is 5.17. The molecule has 1 fully saturated rings. The van der Waals surface area contributed by atoms with E-state index in [-0.39, 0.29) is 29.3 Å². The van der Waals surface area contributed by atoms with Crippen molar-refractivity contribution < 1.29 is 14.0 Å². The second-order valence-corrected chi connectivity index (χ2v) is 8.94. The molecule has 1 aliphatic heterocycles.